The van der Waals surface area contributed by atoms with E-state index in [9.17, 15) is 0 Å². The number of benzene rings is 1. The number of aromatic nitrogens is 6. The Labute approximate surface area is 193 Å². The van der Waals surface area contributed by atoms with Gasteiger partial charge in [0.15, 0.2) is 0 Å². The van der Waals surface area contributed by atoms with Crippen molar-refractivity contribution in [3.8, 4) is 17.1 Å². The van der Waals surface area contributed by atoms with Crippen LogP contribution in [-0.4, -0.2) is 55.8 Å². The monoisotopic (exact) mass is 456 g/mol. The average molecular weight is 457 g/mol. The van der Waals surface area contributed by atoms with E-state index in [1.54, 1.807) is 7.11 Å². The Bertz CT molecular complexity index is 988. The number of nitrogens with zero attached hydrogens (tertiary/aromatic N) is 5. The number of thioether (sulfide) groups is 1. The Balaban J connectivity index is 1.95. The molecule has 4 N–H and O–H groups in total. The maximum absolute atomic E-state index is 6.02. The summed E-state index contributed by atoms with van der Waals surface area (Å²) < 4.78 is 5.63. The fourth-order valence-electron chi connectivity index (χ4n) is 3.67. The van der Waals surface area contributed by atoms with Gasteiger partial charge >= 0.3 is 0 Å². The van der Waals surface area contributed by atoms with Crippen LogP contribution in [0.4, 0.5) is 11.8 Å². The number of aryl methyl sites for hydroxylation is 1. The summed E-state index contributed by atoms with van der Waals surface area (Å²) in [4.78, 5) is 9.01. The molecule has 0 aliphatic heterocycles. The molecule has 10 heteroatoms. The molecule has 1 unspecified atom stereocenters. The van der Waals surface area contributed by atoms with E-state index in [1.165, 1.54) is 6.42 Å². The maximum Gasteiger partial charge on any atom is 0.222 e. The molecule has 1 atom stereocenters. The van der Waals surface area contributed by atoms with Crippen LogP contribution in [0.3, 0.4) is 0 Å². The molecular weight excluding hydrogens is 424 g/mol. The number of ether oxygens (including phenoxy) is 1. The molecule has 0 amide bonds. The molecule has 32 heavy (non-hydrogen) atoms. The van der Waals surface area contributed by atoms with Gasteiger partial charge in [-0.2, -0.15) is 22.0 Å². The quantitative estimate of drug-likeness (QED) is 0.372. The van der Waals surface area contributed by atoms with Crippen molar-refractivity contribution in [3.63, 3.8) is 0 Å². The zero-order valence-corrected chi connectivity index (χ0v) is 20.0. The first-order chi connectivity index (χ1) is 15.5. The normalized spacial score (nSPS) is 12.0. The molecule has 2 heterocycles. The fraction of sp³-hybridized carbons (Fsp3) is 0.500. The van der Waals surface area contributed by atoms with E-state index in [4.69, 9.17) is 10.5 Å². The van der Waals surface area contributed by atoms with E-state index in [1.807, 2.05) is 36.9 Å². The minimum absolute atomic E-state index is 0.278. The summed E-state index contributed by atoms with van der Waals surface area (Å²) in [7, 11) is 1.67. The predicted molar refractivity (Wildman–Crippen MR) is 130 cm³/mol. The van der Waals surface area contributed by atoms with E-state index in [2.05, 4.69) is 49.1 Å². The SMILES string of the molecule is CCCCC(CCSC)Nc1nc(N)nc(C)c1Cc1cc(-c2nn[nH]n2)ccc1OC. The van der Waals surface area contributed by atoms with Gasteiger partial charge in [-0.1, -0.05) is 19.8 Å². The molecule has 0 saturated heterocycles. The van der Waals surface area contributed by atoms with Gasteiger partial charge in [0.1, 0.15) is 11.6 Å². The Kier molecular flexibility index (Phi) is 8.66. The zero-order valence-electron chi connectivity index (χ0n) is 19.2. The molecule has 0 aliphatic rings. The molecule has 9 nitrogen and oxygen atoms in total. The number of methoxy groups -OCH3 is 1. The van der Waals surface area contributed by atoms with Crippen molar-refractivity contribution in [2.24, 2.45) is 0 Å². The summed E-state index contributed by atoms with van der Waals surface area (Å²) in [6, 6.07) is 6.19. The smallest absolute Gasteiger partial charge is 0.222 e. The molecule has 3 rings (SSSR count). The van der Waals surface area contributed by atoms with Crippen molar-refractivity contribution in [1.29, 1.82) is 0 Å². The van der Waals surface area contributed by atoms with Crippen molar-refractivity contribution < 1.29 is 4.74 Å². The lowest BCUT2D eigenvalue weighted by Gasteiger charge is -2.22. The number of H-pyrrole nitrogens is 1. The fourth-order valence-corrected chi connectivity index (χ4v) is 4.19. The second-order valence-corrected chi connectivity index (χ2v) is 8.68. The van der Waals surface area contributed by atoms with Crippen LogP contribution in [-0.2, 0) is 6.42 Å². The first kappa shape index (κ1) is 23.8. The topological polar surface area (TPSA) is 128 Å². The van der Waals surface area contributed by atoms with E-state index >= 15 is 0 Å². The number of nitrogen functional groups attached to an aromatic ring is 1. The second-order valence-electron chi connectivity index (χ2n) is 7.70. The number of hydrogen-bond acceptors (Lipinski definition) is 9. The average Bonchev–Trinajstić information content (AvgIpc) is 3.32. The Morgan fingerprint density at radius 3 is 2.78 bits per heavy atom. The minimum atomic E-state index is 0.278. The van der Waals surface area contributed by atoms with Crippen LogP contribution in [0, 0.1) is 6.92 Å². The highest BCUT2D eigenvalue weighted by Crippen LogP contribution is 2.30. The summed E-state index contributed by atoms with van der Waals surface area (Å²) >= 11 is 1.86. The molecule has 172 valence electrons. The van der Waals surface area contributed by atoms with Crippen LogP contribution in [0.15, 0.2) is 18.2 Å². The number of aromatic amines is 1. The predicted octanol–water partition coefficient (Wildman–Crippen LogP) is 3.87. The van der Waals surface area contributed by atoms with E-state index in [0.717, 1.165) is 59.0 Å². The Morgan fingerprint density at radius 2 is 2.09 bits per heavy atom. The summed E-state index contributed by atoms with van der Waals surface area (Å²) in [6.45, 7) is 4.18. The number of tetrazole rings is 1. The molecule has 2 aromatic heterocycles. The molecule has 1 aromatic carbocycles. The molecule has 0 radical (unpaired) electrons. The van der Waals surface area contributed by atoms with E-state index in [0.29, 0.717) is 18.3 Å². The molecule has 0 bridgehead atoms. The third-order valence-electron chi connectivity index (χ3n) is 5.40. The molecule has 0 aliphatic carbocycles. The van der Waals surface area contributed by atoms with E-state index in [-0.39, 0.29) is 5.95 Å². The lowest BCUT2D eigenvalue weighted by molar-refractivity contribution is 0.410. The van der Waals surface area contributed by atoms with Gasteiger partial charge in [0.2, 0.25) is 11.8 Å². The van der Waals surface area contributed by atoms with Gasteiger partial charge in [-0.3, -0.25) is 0 Å². The van der Waals surface area contributed by atoms with Crippen LogP contribution in [0.5, 0.6) is 5.75 Å². The number of unbranched alkanes of at least 4 members (excludes halogenated alkanes) is 1. The highest BCUT2D eigenvalue weighted by Gasteiger charge is 2.18. The summed E-state index contributed by atoms with van der Waals surface area (Å²) in [5.74, 6) is 3.49. The Morgan fingerprint density at radius 1 is 1.25 bits per heavy atom. The molecule has 0 saturated carbocycles. The van der Waals surface area contributed by atoms with Gasteiger partial charge in [-0.15, -0.1) is 10.2 Å². The van der Waals surface area contributed by atoms with Gasteiger partial charge in [-0.25, -0.2) is 4.98 Å². The van der Waals surface area contributed by atoms with Crippen LogP contribution in [0.25, 0.3) is 11.4 Å². The second kappa shape index (κ2) is 11.7. The highest BCUT2D eigenvalue weighted by molar-refractivity contribution is 7.98. The van der Waals surface area contributed by atoms with Crippen LogP contribution in [0.1, 0.15) is 49.4 Å². The van der Waals surface area contributed by atoms with Gasteiger partial charge in [0.25, 0.3) is 0 Å². The van der Waals surface area contributed by atoms with Gasteiger partial charge in [0.05, 0.1) is 7.11 Å². The molecule has 0 fully saturated rings. The first-order valence-corrected chi connectivity index (χ1v) is 12.2. The lowest BCUT2D eigenvalue weighted by atomic mass is 10.00. The number of anilines is 2. The largest absolute Gasteiger partial charge is 0.496 e. The third kappa shape index (κ3) is 6.09. The van der Waals surface area contributed by atoms with Crippen molar-refractivity contribution in [2.75, 3.05) is 30.2 Å². The van der Waals surface area contributed by atoms with Crippen LogP contribution < -0.4 is 15.8 Å². The zero-order chi connectivity index (χ0) is 22.9. The van der Waals surface area contributed by atoms with Gasteiger partial charge < -0.3 is 15.8 Å². The minimum Gasteiger partial charge on any atom is -0.496 e. The maximum atomic E-state index is 6.02. The van der Waals surface area contributed by atoms with Crippen molar-refractivity contribution in [3.05, 3.63) is 35.0 Å². The number of rotatable bonds is 12. The summed E-state index contributed by atoms with van der Waals surface area (Å²) in [5, 5.41) is 18.0. The van der Waals surface area contributed by atoms with Crippen molar-refractivity contribution in [2.45, 2.75) is 52.0 Å². The Hall–Kier alpha value is -2.88. The number of nitrogens with one attached hydrogen (secondary N) is 2. The van der Waals surface area contributed by atoms with Gasteiger partial charge in [-0.05, 0) is 60.7 Å². The standard InChI is InChI=1S/C22H32N8OS/c1-5-6-7-17(10-11-32-4)25-21-18(14(2)24-22(23)26-21)13-16-12-15(8-9-19(16)31-3)20-27-29-30-28-20/h8-9,12,17H,5-7,10-11,13H2,1-4H3,(H3,23,24,25,26)(H,27,28,29,30). The summed E-state index contributed by atoms with van der Waals surface area (Å²) in [6.07, 6.45) is 7.22. The number of nitrogens with two attached hydrogens (primary N) is 1. The van der Waals surface area contributed by atoms with E-state index < -0.39 is 0 Å². The van der Waals surface area contributed by atoms with Gasteiger partial charge in [0, 0.05) is 29.3 Å². The first-order valence-electron chi connectivity index (χ1n) is 10.8. The lowest BCUT2D eigenvalue weighted by Crippen LogP contribution is -2.23. The third-order valence-corrected chi connectivity index (χ3v) is 6.04. The summed E-state index contributed by atoms with van der Waals surface area (Å²) in [5.41, 5.74) is 9.73. The molecule has 3 aromatic rings. The molecule has 0 spiro atoms. The molecular formula is C22H32N8OS. The van der Waals surface area contributed by atoms with Crippen LogP contribution in [0.2, 0.25) is 0 Å². The van der Waals surface area contributed by atoms with Crippen molar-refractivity contribution >= 4 is 23.5 Å². The number of hydrogen-bond donors (Lipinski definition) is 3. The van der Waals surface area contributed by atoms with Crippen molar-refractivity contribution in [1.82, 2.24) is 30.6 Å². The highest BCUT2D eigenvalue weighted by atomic mass is 32.2. The van der Waals surface area contributed by atoms with Crippen LogP contribution >= 0.6 is 11.8 Å².